The number of carbonyl (C=O) groups excluding carboxylic acids is 1. The standard InChI is InChI=1S/C14H18ClNO/c1-10(2)16(8-11-3-4-11)14-7-13(15)6-5-12(14)9-17/h5-7,9-11H,3-4,8H2,1-2H3. The third-order valence-corrected chi connectivity index (χ3v) is 3.44. The van der Waals surface area contributed by atoms with Gasteiger partial charge in [-0.25, -0.2) is 0 Å². The normalized spacial score (nSPS) is 15.1. The predicted octanol–water partition coefficient (Wildman–Crippen LogP) is 3.78. The zero-order valence-corrected chi connectivity index (χ0v) is 11.1. The summed E-state index contributed by atoms with van der Waals surface area (Å²) < 4.78 is 0. The summed E-state index contributed by atoms with van der Waals surface area (Å²) in [5.74, 6) is 0.788. The van der Waals surface area contributed by atoms with Crippen LogP contribution in [0.4, 0.5) is 5.69 Å². The summed E-state index contributed by atoms with van der Waals surface area (Å²) in [6, 6.07) is 5.85. The number of rotatable bonds is 5. The number of halogens is 1. The Hall–Kier alpha value is -1.02. The second-order valence-corrected chi connectivity index (χ2v) is 5.45. The molecular formula is C14H18ClNO. The van der Waals surface area contributed by atoms with Crippen molar-refractivity contribution >= 4 is 23.6 Å². The van der Waals surface area contributed by atoms with Crippen LogP contribution in [-0.2, 0) is 0 Å². The number of anilines is 1. The molecule has 1 saturated carbocycles. The summed E-state index contributed by atoms with van der Waals surface area (Å²) >= 11 is 6.03. The summed E-state index contributed by atoms with van der Waals surface area (Å²) in [4.78, 5) is 13.4. The maximum Gasteiger partial charge on any atom is 0.152 e. The van der Waals surface area contributed by atoms with E-state index in [4.69, 9.17) is 11.6 Å². The lowest BCUT2D eigenvalue weighted by atomic mass is 10.1. The molecule has 0 radical (unpaired) electrons. The van der Waals surface area contributed by atoms with E-state index in [1.165, 1.54) is 12.8 Å². The number of aldehydes is 1. The first kappa shape index (κ1) is 12.4. The van der Waals surface area contributed by atoms with Crippen LogP contribution in [0, 0.1) is 5.92 Å². The van der Waals surface area contributed by atoms with Crippen molar-refractivity contribution in [3.05, 3.63) is 28.8 Å². The lowest BCUT2D eigenvalue weighted by Crippen LogP contribution is -2.33. The number of hydrogen-bond donors (Lipinski definition) is 0. The van der Waals surface area contributed by atoms with E-state index in [9.17, 15) is 4.79 Å². The lowest BCUT2D eigenvalue weighted by molar-refractivity contribution is 0.112. The molecule has 1 aromatic carbocycles. The second-order valence-electron chi connectivity index (χ2n) is 5.01. The van der Waals surface area contributed by atoms with Crippen molar-refractivity contribution in [1.29, 1.82) is 0 Å². The highest BCUT2D eigenvalue weighted by molar-refractivity contribution is 6.31. The van der Waals surface area contributed by atoms with E-state index in [1.807, 2.05) is 6.07 Å². The molecule has 0 spiro atoms. The SMILES string of the molecule is CC(C)N(CC1CC1)c1cc(Cl)ccc1C=O. The Kier molecular flexibility index (Phi) is 3.72. The monoisotopic (exact) mass is 251 g/mol. The summed E-state index contributed by atoms with van der Waals surface area (Å²) in [6.45, 7) is 5.33. The van der Waals surface area contributed by atoms with Gasteiger partial charge in [0.25, 0.3) is 0 Å². The predicted molar refractivity (Wildman–Crippen MR) is 72.0 cm³/mol. The third kappa shape index (κ3) is 3.01. The van der Waals surface area contributed by atoms with Crippen LogP contribution < -0.4 is 4.90 Å². The summed E-state index contributed by atoms with van der Waals surface area (Å²) in [5, 5.41) is 0.687. The van der Waals surface area contributed by atoms with Crippen molar-refractivity contribution in [2.45, 2.75) is 32.7 Å². The molecule has 3 heteroatoms. The van der Waals surface area contributed by atoms with Gasteiger partial charge in [-0.15, -0.1) is 0 Å². The molecule has 0 N–H and O–H groups in total. The molecule has 2 rings (SSSR count). The van der Waals surface area contributed by atoms with E-state index in [0.717, 1.165) is 30.0 Å². The van der Waals surface area contributed by atoms with Crippen molar-refractivity contribution < 1.29 is 4.79 Å². The molecular weight excluding hydrogens is 234 g/mol. The molecule has 0 atom stereocenters. The molecule has 92 valence electrons. The molecule has 1 fully saturated rings. The molecule has 0 heterocycles. The van der Waals surface area contributed by atoms with Gasteiger partial charge in [0, 0.05) is 28.9 Å². The van der Waals surface area contributed by atoms with Gasteiger partial charge < -0.3 is 4.90 Å². The number of carbonyl (C=O) groups is 1. The average Bonchev–Trinajstić information content (AvgIpc) is 3.09. The number of benzene rings is 1. The third-order valence-electron chi connectivity index (χ3n) is 3.20. The van der Waals surface area contributed by atoms with Crippen molar-refractivity contribution in [2.75, 3.05) is 11.4 Å². The van der Waals surface area contributed by atoms with E-state index < -0.39 is 0 Å². The van der Waals surface area contributed by atoms with E-state index >= 15 is 0 Å². The zero-order valence-electron chi connectivity index (χ0n) is 10.3. The van der Waals surface area contributed by atoms with Gasteiger partial charge in [0.2, 0.25) is 0 Å². The minimum absolute atomic E-state index is 0.382. The minimum Gasteiger partial charge on any atom is -0.368 e. The van der Waals surface area contributed by atoms with Crippen LogP contribution in [-0.4, -0.2) is 18.9 Å². The Labute approximate surface area is 108 Å². The average molecular weight is 252 g/mol. The van der Waals surface area contributed by atoms with Crippen LogP contribution in [0.3, 0.4) is 0 Å². The molecule has 1 aliphatic rings. The van der Waals surface area contributed by atoms with Crippen molar-refractivity contribution in [2.24, 2.45) is 5.92 Å². The first-order valence-electron chi connectivity index (χ1n) is 6.13. The maximum atomic E-state index is 11.1. The van der Waals surface area contributed by atoms with E-state index in [-0.39, 0.29) is 0 Å². The van der Waals surface area contributed by atoms with Crippen LogP contribution in [0.2, 0.25) is 5.02 Å². The highest BCUT2D eigenvalue weighted by Gasteiger charge is 2.26. The number of nitrogens with zero attached hydrogens (tertiary/aromatic N) is 1. The highest BCUT2D eigenvalue weighted by atomic mass is 35.5. The minimum atomic E-state index is 0.382. The topological polar surface area (TPSA) is 20.3 Å². The van der Waals surface area contributed by atoms with Gasteiger partial charge in [-0.2, -0.15) is 0 Å². The lowest BCUT2D eigenvalue weighted by Gasteiger charge is -2.30. The van der Waals surface area contributed by atoms with E-state index in [1.54, 1.807) is 12.1 Å². The molecule has 0 bridgehead atoms. The van der Waals surface area contributed by atoms with Gasteiger partial charge in [0.05, 0.1) is 0 Å². The van der Waals surface area contributed by atoms with Crippen LogP contribution in [0.15, 0.2) is 18.2 Å². The molecule has 0 aromatic heterocycles. The van der Waals surface area contributed by atoms with Crippen molar-refractivity contribution in [3.8, 4) is 0 Å². The van der Waals surface area contributed by atoms with Crippen molar-refractivity contribution in [1.82, 2.24) is 0 Å². The fraction of sp³-hybridized carbons (Fsp3) is 0.500. The zero-order chi connectivity index (χ0) is 12.4. The van der Waals surface area contributed by atoms with Gasteiger partial charge in [0.15, 0.2) is 6.29 Å². The Bertz CT molecular complexity index is 413. The first-order chi connectivity index (χ1) is 8.11. The molecule has 2 nitrogen and oxygen atoms in total. The summed E-state index contributed by atoms with van der Waals surface area (Å²) in [6.07, 6.45) is 3.52. The molecule has 1 aliphatic carbocycles. The fourth-order valence-electron chi connectivity index (χ4n) is 2.03. The van der Waals surface area contributed by atoms with Crippen LogP contribution >= 0.6 is 11.6 Å². The summed E-state index contributed by atoms with van der Waals surface area (Å²) in [7, 11) is 0. The summed E-state index contributed by atoms with van der Waals surface area (Å²) in [5.41, 5.74) is 1.69. The van der Waals surface area contributed by atoms with Crippen molar-refractivity contribution in [3.63, 3.8) is 0 Å². The van der Waals surface area contributed by atoms with Crippen LogP contribution in [0.1, 0.15) is 37.0 Å². The molecule has 17 heavy (non-hydrogen) atoms. The smallest absolute Gasteiger partial charge is 0.152 e. The quantitative estimate of drug-likeness (QED) is 0.743. The second kappa shape index (κ2) is 5.09. The highest BCUT2D eigenvalue weighted by Crippen LogP contribution is 2.34. The Balaban J connectivity index is 2.32. The Morgan fingerprint density at radius 1 is 1.47 bits per heavy atom. The Morgan fingerprint density at radius 2 is 2.18 bits per heavy atom. The molecule has 0 aliphatic heterocycles. The van der Waals surface area contributed by atoms with Gasteiger partial charge >= 0.3 is 0 Å². The first-order valence-corrected chi connectivity index (χ1v) is 6.51. The fourth-order valence-corrected chi connectivity index (χ4v) is 2.20. The van der Waals surface area contributed by atoms with Crippen LogP contribution in [0.25, 0.3) is 0 Å². The maximum absolute atomic E-state index is 11.1. The van der Waals surface area contributed by atoms with Gasteiger partial charge in [-0.05, 0) is 50.8 Å². The van der Waals surface area contributed by atoms with Gasteiger partial charge in [-0.3, -0.25) is 4.79 Å². The molecule has 0 amide bonds. The Morgan fingerprint density at radius 3 is 2.71 bits per heavy atom. The van der Waals surface area contributed by atoms with E-state index in [2.05, 4.69) is 18.7 Å². The molecule has 1 aromatic rings. The van der Waals surface area contributed by atoms with Gasteiger partial charge in [0.1, 0.15) is 0 Å². The largest absolute Gasteiger partial charge is 0.368 e. The van der Waals surface area contributed by atoms with Crippen LogP contribution in [0.5, 0.6) is 0 Å². The van der Waals surface area contributed by atoms with Gasteiger partial charge in [-0.1, -0.05) is 11.6 Å². The number of hydrogen-bond acceptors (Lipinski definition) is 2. The molecule has 0 unspecified atom stereocenters. The van der Waals surface area contributed by atoms with E-state index in [0.29, 0.717) is 11.1 Å². The molecule has 0 saturated heterocycles.